The summed E-state index contributed by atoms with van der Waals surface area (Å²) in [6.45, 7) is 4.65. The molecule has 0 saturated carbocycles. The molecule has 0 amide bonds. The van der Waals surface area contributed by atoms with Crippen molar-refractivity contribution in [3.05, 3.63) is 21.3 Å². The maximum atomic E-state index is 4.97. The minimum absolute atomic E-state index is 0.746. The molecule has 2 rings (SSSR count). The van der Waals surface area contributed by atoms with Crippen LogP contribution in [0.3, 0.4) is 0 Å². The van der Waals surface area contributed by atoms with Crippen LogP contribution in [-0.4, -0.2) is 37.0 Å². The van der Waals surface area contributed by atoms with Gasteiger partial charge in [-0.2, -0.15) is 11.3 Å². The minimum Gasteiger partial charge on any atom is -0.383 e. The lowest BCUT2D eigenvalue weighted by Crippen LogP contribution is -2.21. The zero-order valence-corrected chi connectivity index (χ0v) is 12.2. The monoisotopic (exact) mass is 283 g/mol. The Kier molecular flexibility index (Phi) is 5.25. The van der Waals surface area contributed by atoms with Gasteiger partial charge in [0.1, 0.15) is 10.0 Å². The van der Waals surface area contributed by atoms with E-state index in [1.165, 1.54) is 11.1 Å². The van der Waals surface area contributed by atoms with Gasteiger partial charge in [-0.15, -0.1) is 10.2 Å². The van der Waals surface area contributed by atoms with Gasteiger partial charge >= 0.3 is 0 Å². The molecule has 0 radical (unpaired) electrons. The number of aryl methyl sites for hydroxylation is 1. The normalized spacial score (nSPS) is 11.0. The lowest BCUT2D eigenvalue weighted by atomic mass is 10.2. The molecule has 0 aliphatic carbocycles. The third-order valence-corrected chi connectivity index (χ3v) is 4.43. The number of ether oxygens (including phenoxy) is 1. The Balaban J connectivity index is 1.85. The first-order chi connectivity index (χ1) is 8.81. The Bertz CT molecular complexity index is 481. The second-order valence-electron chi connectivity index (χ2n) is 3.96. The number of thiophene rings is 1. The fraction of sp³-hybridized carbons (Fsp3) is 0.500. The lowest BCUT2D eigenvalue weighted by Gasteiger charge is -2.00. The Morgan fingerprint density at radius 1 is 1.28 bits per heavy atom. The molecule has 0 aliphatic heterocycles. The maximum Gasteiger partial charge on any atom is 0.148 e. The summed E-state index contributed by atoms with van der Waals surface area (Å²) in [5, 5.41) is 18.2. The van der Waals surface area contributed by atoms with E-state index >= 15 is 0 Å². The molecule has 4 nitrogen and oxygen atoms in total. The van der Waals surface area contributed by atoms with Gasteiger partial charge in [-0.05, 0) is 17.9 Å². The van der Waals surface area contributed by atoms with Crippen LogP contribution < -0.4 is 5.32 Å². The van der Waals surface area contributed by atoms with Crippen molar-refractivity contribution >= 4 is 22.7 Å². The molecular formula is C12H17N3OS2. The van der Waals surface area contributed by atoms with Gasteiger partial charge in [-0.3, -0.25) is 0 Å². The van der Waals surface area contributed by atoms with Gasteiger partial charge in [0.2, 0.25) is 0 Å². The van der Waals surface area contributed by atoms with Crippen molar-refractivity contribution in [1.29, 1.82) is 0 Å². The molecule has 6 heteroatoms. The van der Waals surface area contributed by atoms with E-state index < -0.39 is 0 Å². The highest BCUT2D eigenvalue weighted by molar-refractivity contribution is 7.15. The van der Waals surface area contributed by atoms with E-state index in [0.29, 0.717) is 0 Å². The van der Waals surface area contributed by atoms with Crippen LogP contribution in [0.4, 0.5) is 0 Å². The van der Waals surface area contributed by atoms with Gasteiger partial charge < -0.3 is 10.1 Å². The van der Waals surface area contributed by atoms with Crippen molar-refractivity contribution in [3.63, 3.8) is 0 Å². The quantitative estimate of drug-likeness (QED) is 0.792. The van der Waals surface area contributed by atoms with Gasteiger partial charge in [-0.25, -0.2) is 0 Å². The molecule has 0 fully saturated rings. The molecule has 98 valence electrons. The van der Waals surface area contributed by atoms with Gasteiger partial charge in [0.25, 0.3) is 0 Å². The summed E-state index contributed by atoms with van der Waals surface area (Å²) >= 11 is 3.39. The largest absolute Gasteiger partial charge is 0.383 e. The SMILES string of the molecule is COCCNCCc1nnc(-c2cscc2C)s1. The zero-order chi connectivity index (χ0) is 12.8. The molecule has 0 atom stereocenters. The molecule has 0 saturated heterocycles. The number of hydrogen-bond acceptors (Lipinski definition) is 6. The van der Waals surface area contributed by atoms with Crippen molar-refractivity contribution in [2.75, 3.05) is 26.8 Å². The first-order valence-electron chi connectivity index (χ1n) is 5.86. The number of hydrogen-bond donors (Lipinski definition) is 1. The molecule has 0 aromatic carbocycles. The lowest BCUT2D eigenvalue weighted by molar-refractivity contribution is 0.199. The first-order valence-corrected chi connectivity index (χ1v) is 7.62. The summed E-state index contributed by atoms with van der Waals surface area (Å²) in [5.74, 6) is 0. The molecule has 0 bridgehead atoms. The summed E-state index contributed by atoms with van der Waals surface area (Å²) in [6, 6.07) is 0. The first kappa shape index (κ1) is 13.6. The van der Waals surface area contributed by atoms with Gasteiger partial charge in [-0.1, -0.05) is 11.3 Å². The van der Waals surface area contributed by atoms with Crippen LogP contribution in [0.2, 0.25) is 0 Å². The molecule has 0 unspecified atom stereocenters. The Morgan fingerprint density at radius 2 is 2.17 bits per heavy atom. The minimum atomic E-state index is 0.746. The molecule has 2 heterocycles. The van der Waals surface area contributed by atoms with E-state index in [1.54, 1.807) is 29.8 Å². The number of nitrogens with one attached hydrogen (secondary N) is 1. The molecule has 1 N–H and O–H groups in total. The van der Waals surface area contributed by atoms with E-state index in [4.69, 9.17) is 4.74 Å². The molecule has 2 aromatic heterocycles. The smallest absolute Gasteiger partial charge is 0.148 e. The van der Waals surface area contributed by atoms with Crippen molar-refractivity contribution < 1.29 is 4.74 Å². The molecule has 2 aromatic rings. The number of methoxy groups -OCH3 is 1. The van der Waals surface area contributed by atoms with Crippen molar-refractivity contribution in [2.24, 2.45) is 0 Å². The molecule has 0 spiro atoms. The number of aromatic nitrogens is 2. The number of rotatable bonds is 7. The fourth-order valence-electron chi connectivity index (χ4n) is 1.54. The zero-order valence-electron chi connectivity index (χ0n) is 10.6. The Hall–Kier alpha value is -0.820. The van der Waals surface area contributed by atoms with E-state index in [-0.39, 0.29) is 0 Å². The van der Waals surface area contributed by atoms with Crippen molar-refractivity contribution in [3.8, 4) is 10.6 Å². The second kappa shape index (κ2) is 6.94. The van der Waals surface area contributed by atoms with Crippen molar-refractivity contribution in [2.45, 2.75) is 13.3 Å². The molecule has 0 aliphatic rings. The fourth-order valence-corrected chi connectivity index (χ4v) is 3.37. The number of nitrogens with zero attached hydrogens (tertiary/aromatic N) is 2. The average Bonchev–Trinajstić information content (AvgIpc) is 2.97. The van der Waals surface area contributed by atoms with Gasteiger partial charge in [0.05, 0.1) is 6.61 Å². The van der Waals surface area contributed by atoms with E-state index in [2.05, 4.69) is 33.2 Å². The topological polar surface area (TPSA) is 47.0 Å². The molecule has 18 heavy (non-hydrogen) atoms. The predicted octanol–water partition coefficient (Wildman–Crippen LogP) is 2.35. The van der Waals surface area contributed by atoms with Crippen LogP contribution in [0.15, 0.2) is 10.8 Å². The van der Waals surface area contributed by atoms with Crippen LogP contribution in [0.5, 0.6) is 0 Å². The third-order valence-electron chi connectivity index (χ3n) is 2.55. The summed E-state index contributed by atoms with van der Waals surface area (Å²) in [4.78, 5) is 0. The van der Waals surface area contributed by atoms with E-state index in [0.717, 1.165) is 36.1 Å². The highest BCUT2D eigenvalue weighted by Crippen LogP contribution is 2.29. The Labute approximate surface area is 115 Å². The van der Waals surface area contributed by atoms with Crippen molar-refractivity contribution in [1.82, 2.24) is 15.5 Å². The van der Waals surface area contributed by atoms with Crippen LogP contribution in [0.1, 0.15) is 10.6 Å². The van der Waals surface area contributed by atoms with Crippen LogP contribution in [-0.2, 0) is 11.2 Å². The van der Waals surface area contributed by atoms with Crippen LogP contribution in [0, 0.1) is 6.92 Å². The van der Waals surface area contributed by atoms with E-state index in [9.17, 15) is 0 Å². The maximum absolute atomic E-state index is 4.97. The summed E-state index contributed by atoms with van der Waals surface area (Å²) in [5.41, 5.74) is 2.50. The summed E-state index contributed by atoms with van der Waals surface area (Å²) in [7, 11) is 1.71. The highest BCUT2D eigenvalue weighted by Gasteiger charge is 2.09. The second-order valence-corrected chi connectivity index (χ2v) is 5.77. The van der Waals surface area contributed by atoms with Gasteiger partial charge in [0.15, 0.2) is 0 Å². The van der Waals surface area contributed by atoms with Crippen LogP contribution >= 0.6 is 22.7 Å². The Morgan fingerprint density at radius 3 is 2.89 bits per heavy atom. The standard InChI is InChI=1S/C12H17N3OS2/c1-9-7-17-8-10(9)12-15-14-11(18-12)3-4-13-5-6-16-2/h7-8,13H,3-6H2,1-2H3. The highest BCUT2D eigenvalue weighted by atomic mass is 32.1. The predicted molar refractivity (Wildman–Crippen MR) is 76.4 cm³/mol. The van der Waals surface area contributed by atoms with Gasteiger partial charge in [0, 0.05) is 37.6 Å². The molecular weight excluding hydrogens is 266 g/mol. The summed E-state index contributed by atoms with van der Waals surface area (Å²) in [6.07, 6.45) is 0.921. The van der Waals surface area contributed by atoms with E-state index in [1.807, 2.05) is 0 Å². The van der Waals surface area contributed by atoms with Crippen LogP contribution in [0.25, 0.3) is 10.6 Å². The average molecular weight is 283 g/mol. The third kappa shape index (κ3) is 3.58. The summed E-state index contributed by atoms with van der Waals surface area (Å²) < 4.78 is 4.97.